The summed E-state index contributed by atoms with van der Waals surface area (Å²) in [6.45, 7) is 4.35. The molecule has 1 aromatic rings. The lowest BCUT2D eigenvalue weighted by Gasteiger charge is -2.34. The first kappa shape index (κ1) is 13.9. The molecule has 0 aliphatic carbocycles. The summed E-state index contributed by atoms with van der Waals surface area (Å²) in [5.41, 5.74) is 5.60. The molecule has 1 heterocycles. The maximum Gasteiger partial charge on any atom is 0.227 e. The van der Waals surface area contributed by atoms with Crippen LogP contribution >= 0.6 is 0 Å². The molecule has 19 heavy (non-hydrogen) atoms. The highest BCUT2D eigenvalue weighted by Gasteiger charge is 2.41. The normalized spacial score (nSPS) is 21.7. The minimum atomic E-state index is -0.559. The van der Waals surface area contributed by atoms with Crippen LogP contribution in [0.15, 0.2) is 18.2 Å². The number of likely N-dealkylation sites (tertiary alicyclic amines) is 1. The smallest absolute Gasteiger partial charge is 0.227 e. The van der Waals surface area contributed by atoms with Gasteiger partial charge in [-0.15, -0.1) is 0 Å². The predicted molar refractivity (Wildman–Crippen MR) is 68.4 cm³/mol. The van der Waals surface area contributed by atoms with E-state index in [0.717, 1.165) is 24.6 Å². The number of benzene rings is 1. The van der Waals surface area contributed by atoms with E-state index < -0.39 is 17.2 Å². The van der Waals surface area contributed by atoms with E-state index in [4.69, 9.17) is 5.73 Å². The number of nitrogens with two attached hydrogens (primary N) is 1. The fourth-order valence-corrected chi connectivity index (χ4v) is 2.49. The van der Waals surface area contributed by atoms with Crippen molar-refractivity contribution in [3.8, 4) is 0 Å². The van der Waals surface area contributed by atoms with E-state index >= 15 is 0 Å². The molecule has 5 heteroatoms. The number of nitrogens with zero attached hydrogens (tertiary/aromatic N) is 1. The van der Waals surface area contributed by atoms with Crippen molar-refractivity contribution in [2.45, 2.75) is 38.3 Å². The van der Waals surface area contributed by atoms with Crippen LogP contribution in [0.1, 0.15) is 25.8 Å². The topological polar surface area (TPSA) is 46.3 Å². The molecule has 3 nitrogen and oxygen atoms in total. The molecule has 1 aliphatic rings. The summed E-state index contributed by atoms with van der Waals surface area (Å²) in [4.78, 5) is 13.9. The van der Waals surface area contributed by atoms with Crippen molar-refractivity contribution in [1.82, 2.24) is 4.90 Å². The van der Waals surface area contributed by atoms with Crippen LogP contribution in [0.25, 0.3) is 0 Å². The second-order valence-electron chi connectivity index (χ2n) is 5.51. The van der Waals surface area contributed by atoms with Crippen LogP contribution in [-0.4, -0.2) is 28.9 Å². The first-order chi connectivity index (χ1) is 8.82. The van der Waals surface area contributed by atoms with E-state index in [0.29, 0.717) is 6.54 Å². The van der Waals surface area contributed by atoms with Gasteiger partial charge in [0.15, 0.2) is 0 Å². The number of rotatable bonds is 2. The van der Waals surface area contributed by atoms with Gasteiger partial charge < -0.3 is 10.6 Å². The predicted octanol–water partition coefficient (Wildman–Crippen LogP) is 1.85. The van der Waals surface area contributed by atoms with Gasteiger partial charge in [-0.1, -0.05) is 0 Å². The van der Waals surface area contributed by atoms with Gasteiger partial charge in [0.25, 0.3) is 0 Å². The van der Waals surface area contributed by atoms with Gasteiger partial charge in [-0.2, -0.15) is 0 Å². The molecule has 2 rings (SSSR count). The van der Waals surface area contributed by atoms with Crippen molar-refractivity contribution in [2.75, 3.05) is 6.54 Å². The van der Waals surface area contributed by atoms with Gasteiger partial charge in [-0.05, 0) is 38.5 Å². The Morgan fingerprint density at radius 2 is 2.16 bits per heavy atom. The lowest BCUT2D eigenvalue weighted by Crippen LogP contribution is -2.51. The fourth-order valence-electron chi connectivity index (χ4n) is 2.49. The van der Waals surface area contributed by atoms with Gasteiger partial charge in [0.2, 0.25) is 5.91 Å². The van der Waals surface area contributed by atoms with E-state index in [1.165, 1.54) is 0 Å². The van der Waals surface area contributed by atoms with E-state index in [9.17, 15) is 13.6 Å². The molecule has 1 atom stereocenters. The lowest BCUT2D eigenvalue weighted by atomic mass is 9.96. The maximum absolute atomic E-state index is 13.5. The standard InChI is InChI=1S/C14H18F2N2O/c1-14(2)12(17)5-6-18(14)13(19)8-9-7-10(15)3-4-11(9)16/h3-4,7,12H,5-6,8,17H2,1-2H3. The molecule has 0 saturated carbocycles. The monoisotopic (exact) mass is 268 g/mol. The summed E-state index contributed by atoms with van der Waals surface area (Å²) in [5.74, 6) is -1.32. The lowest BCUT2D eigenvalue weighted by molar-refractivity contribution is -0.133. The summed E-state index contributed by atoms with van der Waals surface area (Å²) in [6.07, 6.45) is 0.587. The SMILES string of the molecule is CC1(C)C(N)CCN1C(=O)Cc1cc(F)ccc1F. The van der Waals surface area contributed by atoms with E-state index in [-0.39, 0.29) is 23.9 Å². The Morgan fingerprint density at radius 1 is 1.47 bits per heavy atom. The molecule has 1 saturated heterocycles. The quantitative estimate of drug-likeness (QED) is 0.889. The highest BCUT2D eigenvalue weighted by Crippen LogP contribution is 2.28. The van der Waals surface area contributed by atoms with Gasteiger partial charge in [0.1, 0.15) is 11.6 Å². The Bertz CT molecular complexity index is 502. The molecule has 1 amide bonds. The van der Waals surface area contributed by atoms with Crippen LogP contribution in [0, 0.1) is 11.6 Å². The minimum Gasteiger partial charge on any atom is -0.336 e. The number of amides is 1. The summed E-state index contributed by atoms with van der Waals surface area (Å²) in [6, 6.07) is 3.06. The Morgan fingerprint density at radius 3 is 2.74 bits per heavy atom. The third kappa shape index (κ3) is 2.61. The van der Waals surface area contributed by atoms with Crippen molar-refractivity contribution in [2.24, 2.45) is 5.73 Å². The van der Waals surface area contributed by atoms with Crippen LogP contribution in [0.4, 0.5) is 8.78 Å². The summed E-state index contributed by atoms with van der Waals surface area (Å²) in [7, 11) is 0. The van der Waals surface area contributed by atoms with Crippen molar-refractivity contribution in [3.05, 3.63) is 35.4 Å². The van der Waals surface area contributed by atoms with E-state index in [1.807, 2.05) is 13.8 Å². The zero-order chi connectivity index (χ0) is 14.2. The molecule has 0 radical (unpaired) electrons. The molecule has 104 valence electrons. The number of hydrogen-bond acceptors (Lipinski definition) is 2. The largest absolute Gasteiger partial charge is 0.336 e. The van der Waals surface area contributed by atoms with Crippen LogP contribution < -0.4 is 5.73 Å². The average Bonchev–Trinajstić information content (AvgIpc) is 2.59. The molecular formula is C14H18F2N2O. The molecule has 2 N–H and O–H groups in total. The third-order valence-electron chi connectivity index (χ3n) is 3.92. The molecule has 1 aromatic carbocycles. The second-order valence-corrected chi connectivity index (χ2v) is 5.51. The molecule has 0 bridgehead atoms. The Labute approximate surface area is 111 Å². The highest BCUT2D eigenvalue weighted by molar-refractivity contribution is 5.80. The molecule has 1 unspecified atom stereocenters. The number of carbonyl (C=O) groups is 1. The first-order valence-corrected chi connectivity index (χ1v) is 6.32. The highest BCUT2D eigenvalue weighted by atomic mass is 19.1. The van der Waals surface area contributed by atoms with Crippen molar-refractivity contribution >= 4 is 5.91 Å². The second kappa shape index (κ2) is 4.89. The van der Waals surface area contributed by atoms with Crippen LogP contribution in [-0.2, 0) is 11.2 Å². The molecular weight excluding hydrogens is 250 g/mol. The van der Waals surface area contributed by atoms with Crippen molar-refractivity contribution in [3.63, 3.8) is 0 Å². The Hall–Kier alpha value is -1.49. The van der Waals surface area contributed by atoms with E-state index in [1.54, 1.807) is 4.90 Å². The summed E-state index contributed by atoms with van der Waals surface area (Å²) in [5, 5.41) is 0. The van der Waals surface area contributed by atoms with Gasteiger partial charge in [-0.25, -0.2) is 8.78 Å². The Kier molecular flexibility index (Phi) is 3.58. The first-order valence-electron chi connectivity index (χ1n) is 6.32. The number of carbonyl (C=O) groups excluding carboxylic acids is 1. The maximum atomic E-state index is 13.5. The van der Waals surface area contributed by atoms with Gasteiger partial charge in [-0.3, -0.25) is 4.79 Å². The molecule has 1 aliphatic heterocycles. The van der Waals surface area contributed by atoms with Crippen molar-refractivity contribution in [1.29, 1.82) is 0 Å². The summed E-state index contributed by atoms with van der Waals surface area (Å²) >= 11 is 0. The molecule has 0 aromatic heterocycles. The molecule has 0 spiro atoms. The Balaban J connectivity index is 2.16. The van der Waals surface area contributed by atoms with Crippen LogP contribution in [0.5, 0.6) is 0 Å². The zero-order valence-electron chi connectivity index (χ0n) is 11.1. The van der Waals surface area contributed by atoms with E-state index in [2.05, 4.69) is 0 Å². The number of hydrogen-bond donors (Lipinski definition) is 1. The minimum absolute atomic E-state index is 0.0845. The molecule has 1 fully saturated rings. The number of halogens is 2. The van der Waals surface area contributed by atoms with Crippen LogP contribution in [0.2, 0.25) is 0 Å². The van der Waals surface area contributed by atoms with Gasteiger partial charge in [0.05, 0.1) is 12.0 Å². The fraction of sp³-hybridized carbons (Fsp3) is 0.500. The third-order valence-corrected chi connectivity index (χ3v) is 3.92. The van der Waals surface area contributed by atoms with Crippen LogP contribution in [0.3, 0.4) is 0 Å². The van der Waals surface area contributed by atoms with Gasteiger partial charge in [0, 0.05) is 18.2 Å². The zero-order valence-corrected chi connectivity index (χ0v) is 11.1. The summed E-state index contributed by atoms with van der Waals surface area (Å²) < 4.78 is 26.6. The average molecular weight is 268 g/mol. The van der Waals surface area contributed by atoms with Gasteiger partial charge >= 0.3 is 0 Å². The van der Waals surface area contributed by atoms with Crippen molar-refractivity contribution < 1.29 is 13.6 Å².